The number of rotatable bonds is 9. The Morgan fingerprint density at radius 2 is 1.49 bits per heavy atom. The van der Waals surface area contributed by atoms with Crippen molar-refractivity contribution in [2.45, 2.75) is 70.6 Å². The second kappa shape index (κ2) is 16.3. The van der Waals surface area contributed by atoms with E-state index < -0.39 is 18.2 Å². The number of hydrogen-bond acceptors (Lipinski definition) is 8. The predicted molar refractivity (Wildman–Crippen MR) is 192 cm³/mol. The van der Waals surface area contributed by atoms with Gasteiger partial charge < -0.3 is 34.6 Å². The highest BCUT2D eigenvalue weighted by Crippen LogP contribution is 2.28. The third-order valence-electron chi connectivity index (χ3n) is 11.0. The zero-order chi connectivity index (χ0) is 36.1. The summed E-state index contributed by atoms with van der Waals surface area (Å²) in [7, 11) is 1.64. The van der Waals surface area contributed by atoms with Crippen LogP contribution in [0.25, 0.3) is 0 Å². The van der Waals surface area contributed by atoms with Crippen molar-refractivity contribution >= 4 is 29.7 Å². The van der Waals surface area contributed by atoms with E-state index in [9.17, 15) is 19.2 Å². The summed E-state index contributed by atoms with van der Waals surface area (Å²) in [5, 5.41) is 12.2. The van der Waals surface area contributed by atoms with Gasteiger partial charge in [-0.1, -0.05) is 30.3 Å². The van der Waals surface area contributed by atoms with E-state index in [1.807, 2.05) is 64.9 Å². The predicted octanol–water partition coefficient (Wildman–Crippen LogP) is 3.61. The average molecular weight is 705 g/mol. The van der Waals surface area contributed by atoms with Gasteiger partial charge in [-0.25, -0.2) is 9.59 Å². The van der Waals surface area contributed by atoms with Gasteiger partial charge in [0.15, 0.2) is 6.10 Å². The smallest absolute Gasteiger partial charge is 0.410 e. The minimum Gasteiger partial charge on any atom is -0.496 e. The second-order valence-corrected chi connectivity index (χ2v) is 14.4. The van der Waals surface area contributed by atoms with Crippen molar-refractivity contribution in [2.75, 3.05) is 77.9 Å². The van der Waals surface area contributed by atoms with Gasteiger partial charge in [0, 0.05) is 83.1 Å². The quantitative estimate of drug-likeness (QED) is 0.402. The first-order chi connectivity index (χ1) is 24.6. The van der Waals surface area contributed by atoms with E-state index in [0.717, 1.165) is 79.1 Å². The number of carbonyl (C=O) groups is 4. The van der Waals surface area contributed by atoms with E-state index in [-0.39, 0.29) is 30.9 Å². The van der Waals surface area contributed by atoms with Crippen molar-refractivity contribution in [1.29, 1.82) is 0 Å². The van der Waals surface area contributed by atoms with Gasteiger partial charge in [0.05, 0.1) is 13.7 Å². The number of urea groups is 1. The van der Waals surface area contributed by atoms with Gasteiger partial charge in [-0.2, -0.15) is 0 Å². The number of aryl methyl sites for hydroxylation is 2. The number of aliphatic carboxylic acids is 1. The zero-order valence-corrected chi connectivity index (χ0v) is 30.1. The molecule has 13 heteroatoms. The number of nitrogens with zero attached hydrogens (tertiary/aromatic N) is 5. The number of ether oxygens (including phenoxy) is 2. The molecule has 2 aromatic rings. The average Bonchev–Trinajstić information content (AvgIpc) is 3.29. The molecule has 0 unspecified atom stereocenters. The number of piperazine rings is 1. The Morgan fingerprint density at radius 3 is 2.14 bits per heavy atom. The normalized spacial score (nSPS) is 20.3. The van der Waals surface area contributed by atoms with E-state index >= 15 is 0 Å². The number of likely N-dealkylation sites (tertiary alicyclic amines) is 2. The number of carboxylic acid groups (broad SMARTS) is 1. The van der Waals surface area contributed by atoms with E-state index in [1.165, 1.54) is 0 Å². The van der Waals surface area contributed by atoms with Crippen molar-refractivity contribution in [3.63, 3.8) is 0 Å². The fraction of sp³-hybridized carbons (Fsp3) is 0.579. The summed E-state index contributed by atoms with van der Waals surface area (Å²) in [5.41, 5.74) is 4.78. The molecule has 13 nitrogen and oxygen atoms in total. The molecule has 4 aliphatic heterocycles. The molecule has 0 saturated carbocycles. The van der Waals surface area contributed by atoms with Crippen LogP contribution in [-0.2, 0) is 27.2 Å². The molecular weight excluding hydrogens is 652 g/mol. The molecule has 2 aromatic carbocycles. The second-order valence-electron chi connectivity index (χ2n) is 14.4. The standard InChI is InChI=1S/C38H52N6O7/c1-26-22-28(23-27(2)35(26)50-3)24-33(36(47)42-13-9-30(10-14-42)41-20-18-40(19-21-41)25-34(45)46)51-38(49)43-15-11-31(12-16-43)44-17-8-29-6-4-5-7-32(29)39-37(44)48/h4-7,22-23,30-31,33H,8-21,24-25H2,1-3H3,(H,39,48)(H,45,46)/t33-/m1/s1. The molecular formula is C38H52N6O7. The van der Waals surface area contributed by atoms with Crippen LogP contribution in [-0.4, -0.2) is 144 Å². The number of anilines is 1. The van der Waals surface area contributed by atoms with Gasteiger partial charge in [-0.15, -0.1) is 0 Å². The first-order valence-corrected chi connectivity index (χ1v) is 18.3. The Kier molecular flexibility index (Phi) is 11.7. The minimum atomic E-state index is -0.978. The number of benzene rings is 2. The highest BCUT2D eigenvalue weighted by atomic mass is 16.6. The molecule has 4 amide bonds. The molecule has 1 atom stereocenters. The highest BCUT2D eigenvalue weighted by molar-refractivity contribution is 5.91. The maximum Gasteiger partial charge on any atom is 0.410 e. The maximum atomic E-state index is 14.1. The number of piperidine rings is 2. The number of methoxy groups -OCH3 is 1. The summed E-state index contributed by atoms with van der Waals surface area (Å²) in [6, 6.07) is 12.1. The lowest BCUT2D eigenvalue weighted by Gasteiger charge is -2.43. The molecule has 51 heavy (non-hydrogen) atoms. The summed E-state index contributed by atoms with van der Waals surface area (Å²) in [6.45, 7) is 9.72. The van der Waals surface area contributed by atoms with Gasteiger partial charge >= 0.3 is 18.1 Å². The summed E-state index contributed by atoms with van der Waals surface area (Å²) in [4.78, 5) is 61.8. The van der Waals surface area contributed by atoms with Crippen LogP contribution < -0.4 is 10.1 Å². The molecule has 0 radical (unpaired) electrons. The number of carbonyl (C=O) groups excluding carboxylic acids is 3. The minimum absolute atomic E-state index is 0.00693. The Labute approximate surface area is 300 Å². The molecule has 276 valence electrons. The molecule has 0 aromatic heterocycles. The molecule has 0 bridgehead atoms. The topological polar surface area (TPSA) is 135 Å². The number of para-hydroxylation sites is 1. The molecule has 6 rings (SSSR count). The van der Waals surface area contributed by atoms with Crippen molar-refractivity contribution in [3.8, 4) is 5.75 Å². The summed E-state index contributed by atoms with van der Waals surface area (Å²) in [6.07, 6.45) is 2.44. The molecule has 0 aliphatic carbocycles. The van der Waals surface area contributed by atoms with Crippen LogP contribution in [0.2, 0.25) is 0 Å². The monoisotopic (exact) mass is 704 g/mol. The third kappa shape index (κ3) is 8.75. The highest BCUT2D eigenvalue weighted by Gasteiger charge is 2.36. The van der Waals surface area contributed by atoms with E-state index in [4.69, 9.17) is 14.6 Å². The SMILES string of the molecule is COc1c(C)cc(C[C@@H](OC(=O)N2CCC(N3CCc4ccccc4NC3=O)CC2)C(=O)N2CCC(N3CCN(CC(=O)O)CC3)CC2)cc1C. The van der Waals surface area contributed by atoms with E-state index in [2.05, 4.69) is 10.2 Å². The van der Waals surface area contributed by atoms with Gasteiger partial charge in [-0.05, 0) is 74.3 Å². The number of nitrogens with one attached hydrogen (secondary N) is 1. The van der Waals surface area contributed by atoms with Crippen LogP contribution in [0.1, 0.15) is 47.9 Å². The molecule has 3 saturated heterocycles. The summed E-state index contributed by atoms with van der Waals surface area (Å²) >= 11 is 0. The van der Waals surface area contributed by atoms with Crippen LogP contribution in [0.5, 0.6) is 5.75 Å². The Bertz CT molecular complexity index is 1560. The lowest BCUT2D eigenvalue weighted by molar-refractivity contribution is -0.142. The Morgan fingerprint density at radius 1 is 0.863 bits per heavy atom. The van der Waals surface area contributed by atoms with Gasteiger partial charge in [0.1, 0.15) is 5.75 Å². The van der Waals surface area contributed by atoms with Gasteiger partial charge in [0.25, 0.3) is 5.91 Å². The number of carboxylic acids is 1. The number of hydrogen-bond donors (Lipinski definition) is 2. The largest absolute Gasteiger partial charge is 0.496 e. The first-order valence-electron chi connectivity index (χ1n) is 18.3. The lowest BCUT2D eigenvalue weighted by Crippen LogP contribution is -2.55. The van der Waals surface area contributed by atoms with Crippen molar-refractivity contribution < 1.29 is 33.8 Å². The molecule has 4 heterocycles. The van der Waals surface area contributed by atoms with Crippen LogP contribution in [0.3, 0.4) is 0 Å². The van der Waals surface area contributed by atoms with Crippen molar-refractivity contribution in [2.24, 2.45) is 0 Å². The molecule has 4 aliphatic rings. The van der Waals surface area contributed by atoms with E-state index in [0.29, 0.717) is 51.6 Å². The summed E-state index contributed by atoms with van der Waals surface area (Å²) < 4.78 is 11.7. The van der Waals surface area contributed by atoms with Crippen LogP contribution in [0.4, 0.5) is 15.3 Å². The number of amides is 4. The van der Waals surface area contributed by atoms with Crippen LogP contribution >= 0.6 is 0 Å². The first kappa shape index (κ1) is 36.4. The lowest BCUT2D eigenvalue weighted by atomic mass is 9.98. The Hall–Kier alpha value is -4.36. The van der Waals surface area contributed by atoms with Crippen molar-refractivity contribution in [3.05, 3.63) is 58.7 Å². The zero-order valence-electron chi connectivity index (χ0n) is 30.1. The Balaban J connectivity index is 1.07. The maximum absolute atomic E-state index is 14.1. The van der Waals surface area contributed by atoms with Crippen LogP contribution in [0.15, 0.2) is 36.4 Å². The van der Waals surface area contributed by atoms with E-state index in [1.54, 1.807) is 12.0 Å². The number of fused-ring (bicyclic) bond motifs is 1. The van der Waals surface area contributed by atoms with Gasteiger partial charge in [-0.3, -0.25) is 19.4 Å². The molecule has 3 fully saturated rings. The van der Waals surface area contributed by atoms with Gasteiger partial charge in [0.2, 0.25) is 0 Å². The fourth-order valence-corrected chi connectivity index (χ4v) is 8.30. The summed E-state index contributed by atoms with van der Waals surface area (Å²) in [5.74, 6) is -0.187. The fourth-order valence-electron chi connectivity index (χ4n) is 8.30. The molecule has 2 N–H and O–H groups in total. The third-order valence-corrected chi connectivity index (χ3v) is 11.0. The van der Waals surface area contributed by atoms with Crippen molar-refractivity contribution in [1.82, 2.24) is 24.5 Å². The molecule has 0 spiro atoms. The van der Waals surface area contributed by atoms with Crippen LogP contribution in [0, 0.1) is 13.8 Å².